The van der Waals surface area contributed by atoms with Gasteiger partial charge in [0.1, 0.15) is 0 Å². The molecule has 1 N–H and O–H groups in total. The van der Waals surface area contributed by atoms with E-state index in [1.165, 1.54) is 16.9 Å². The Balaban J connectivity index is 1.78. The van der Waals surface area contributed by atoms with E-state index in [9.17, 15) is 4.79 Å². The second-order valence-corrected chi connectivity index (χ2v) is 8.65. The van der Waals surface area contributed by atoms with Crippen molar-refractivity contribution in [1.29, 1.82) is 0 Å². The number of nitrogens with zero attached hydrogens (tertiary/aromatic N) is 3. The van der Waals surface area contributed by atoms with Crippen LogP contribution in [0.2, 0.25) is 0 Å². The summed E-state index contributed by atoms with van der Waals surface area (Å²) in [5.74, 6) is 0.0782. The Kier molecular flexibility index (Phi) is 4.82. The van der Waals surface area contributed by atoms with E-state index in [1.54, 1.807) is 0 Å². The molecule has 0 spiro atoms. The fourth-order valence-electron chi connectivity index (χ4n) is 3.69. The highest BCUT2D eigenvalue weighted by Crippen LogP contribution is 2.31. The maximum absolute atomic E-state index is 12.3. The van der Waals surface area contributed by atoms with Gasteiger partial charge in [-0.15, -0.1) is 0 Å². The molecule has 0 radical (unpaired) electrons. The summed E-state index contributed by atoms with van der Waals surface area (Å²) in [5, 5.41) is 7.49. The molecule has 0 saturated heterocycles. The molecular weight excluding hydrogens is 324 g/mol. The maximum atomic E-state index is 12.3. The third-order valence-corrected chi connectivity index (χ3v) is 4.97. The Hall–Kier alpha value is -2.30. The van der Waals surface area contributed by atoms with Crippen LogP contribution in [-0.2, 0) is 24.8 Å². The third-order valence-electron chi connectivity index (χ3n) is 4.97. The summed E-state index contributed by atoms with van der Waals surface area (Å²) >= 11 is 0. The van der Waals surface area contributed by atoms with Crippen LogP contribution in [0.5, 0.6) is 0 Å². The van der Waals surface area contributed by atoms with Crippen molar-refractivity contribution in [3.63, 3.8) is 0 Å². The number of nitrogens with one attached hydrogen (secondary N) is 1. The molecular formula is C21H30N4O. The maximum Gasteiger partial charge on any atom is 0.224 e. The Morgan fingerprint density at radius 3 is 2.50 bits per heavy atom. The molecule has 26 heavy (non-hydrogen) atoms. The molecule has 1 aliphatic heterocycles. The van der Waals surface area contributed by atoms with Gasteiger partial charge >= 0.3 is 0 Å². The molecule has 5 heteroatoms. The molecule has 5 nitrogen and oxygen atoms in total. The average molecular weight is 354 g/mol. The van der Waals surface area contributed by atoms with E-state index in [4.69, 9.17) is 0 Å². The van der Waals surface area contributed by atoms with Crippen LogP contribution in [0.1, 0.15) is 49.6 Å². The van der Waals surface area contributed by atoms with Crippen molar-refractivity contribution in [2.24, 2.45) is 12.5 Å². The van der Waals surface area contributed by atoms with Gasteiger partial charge in [0, 0.05) is 55.6 Å². The van der Waals surface area contributed by atoms with E-state index in [-0.39, 0.29) is 11.3 Å². The first-order valence-corrected chi connectivity index (χ1v) is 9.30. The summed E-state index contributed by atoms with van der Waals surface area (Å²) in [7, 11) is 2.01. The summed E-state index contributed by atoms with van der Waals surface area (Å²) in [4.78, 5) is 14.7. The number of benzene rings is 1. The number of hydrogen-bond donors (Lipinski definition) is 1. The van der Waals surface area contributed by atoms with E-state index < -0.39 is 0 Å². The van der Waals surface area contributed by atoms with Crippen molar-refractivity contribution in [3.05, 3.63) is 40.7 Å². The number of aryl methyl sites for hydroxylation is 3. The van der Waals surface area contributed by atoms with Crippen molar-refractivity contribution in [1.82, 2.24) is 9.78 Å². The number of fused-ring (bicyclic) bond motifs is 1. The lowest BCUT2D eigenvalue weighted by molar-refractivity contribution is -0.117. The Bertz CT molecular complexity index is 806. The van der Waals surface area contributed by atoms with Gasteiger partial charge in [-0.05, 0) is 42.5 Å². The molecule has 0 unspecified atom stereocenters. The number of rotatable bonds is 3. The number of anilines is 2. The molecule has 1 amide bonds. The molecule has 0 fully saturated rings. The number of carbonyl (C=O) groups excluding carboxylic acids is 1. The zero-order valence-corrected chi connectivity index (χ0v) is 16.8. The Morgan fingerprint density at radius 2 is 1.88 bits per heavy atom. The summed E-state index contributed by atoms with van der Waals surface area (Å²) in [6, 6.07) is 4.36. The van der Waals surface area contributed by atoms with E-state index in [1.807, 2.05) is 17.9 Å². The fourth-order valence-corrected chi connectivity index (χ4v) is 3.69. The monoisotopic (exact) mass is 354 g/mol. The molecule has 2 aromatic rings. The van der Waals surface area contributed by atoms with E-state index in [2.05, 4.69) is 62.1 Å². The first-order chi connectivity index (χ1) is 12.1. The standard InChI is InChI=1S/C21H30N4O/c1-14-9-17(25-8-7-18-16(13-25)12-22-24(18)6)10-15(2)20(14)23-19(26)11-21(3,4)5/h9-10,12H,7-8,11,13H2,1-6H3,(H,23,26). The van der Waals surface area contributed by atoms with Gasteiger partial charge in [-0.2, -0.15) is 5.10 Å². The van der Waals surface area contributed by atoms with Crippen LogP contribution >= 0.6 is 0 Å². The lowest BCUT2D eigenvalue weighted by Crippen LogP contribution is -2.31. The Morgan fingerprint density at radius 1 is 1.23 bits per heavy atom. The van der Waals surface area contributed by atoms with Crippen molar-refractivity contribution in [3.8, 4) is 0 Å². The second kappa shape index (κ2) is 6.78. The second-order valence-electron chi connectivity index (χ2n) is 8.65. The van der Waals surface area contributed by atoms with E-state index in [0.717, 1.165) is 36.3 Å². The van der Waals surface area contributed by atoms with Gasteiger partial charge in [-0.1, -0.05) is 20.8 Å². The minimum absolute atomic E-state index is 0.0128. The average Bonchev–Trinajstić information content (AvgIpc) is 2.90. The minimum atomic E-state index is -0.0128. The molecule has 140 valence electrons. The van der Waals surface area contributed by atoms with Crippen molar-refractivity contribution in [2.75, 3.05) is 16.8 Å². The topological polar surface area (TPSA) is 50.2 Å². The predicted molar refractivity (Wildman–Crippen MR) is 107 cm³/mol. The van der Waals surface area contributed by atoms with Gasteiger partial charge in [0.2, 0.25) is 5.91 Å². The number of hydrogen-bond acceptors (Lipinski definition) is 3. The number of aromatic nitrogens is 2. The van der Waals surface area contributed by atoms with Crippen molar-refractivity contribution in [2.45, 2.75) is 54.0 Å². The predicted octanol–water partition coefficient (Wildman–Crippen LogP) is 3.97. The van der Waals surface area contributed by atoms with Crippen LogP contribution in [0.3, 0.4) is 0 Å². The van der Waals surface area contributed by atoms with Gasteiger partial charge in [0.05, 0.1) is 6.20 Å². The van der Waals surface area contributed by atoms with Crippen molar-refractivity contribution >= 4 is 17.3 Å². The smallest absolute Gasteiger partial charge is 0.224 e. The highest BCUT2D eigenvalue weighted by Gasteiger charge is 2.21. The SMILES string of the molecule is Cc1cc(N2CCc3c(cnn3C)C2)cc(C)c1NC(=O)CC(C)(C)C. The first kappa shape index (κ1) is 18.5. The highest BCUT2D eigenvalue weighted by molar-refractivity contribution is 5.93. The first-order valence-electron chi connectivity index (χ1n) is 9.30. The molecule has 0 bridgehead atoms. The van der Waals surface area contributed by atoms with Gasteiger partial charge in [0.25, 0.3) is 0 Å². The van der Waals surface area contributed by atoms with Crippen LogP contribution in [0.15, 0.2) is 18.3 Å². The highest BCUT2D eigenvalue weighted by atomic mass is 16.1. The van der Waals surface area contributed by atoms with Crippen LogP contribution in [0.25, 0.3) is 0 Å². The van der Waals surface area contributed by atoms with Crippen LogP contribution < -0.4 is 10.2 Å². The van der Waals surface area contributed by atoms with E-state index >= 15 is 0 Å². The lowest BCUT2D eigenvalue weighted by atomic mass is 9.92. The molecule has 0 atom stereocenters. The van der Waals surface area contributed by atoms with E-state index in [0.29, 0.717) is 6.42 Å². The molecule has 1 aromatic heterocycles. The van der Waals surface area contributed by atoms with Gasteiger partial charge < -0.3 is 10.2 Å². The molecule has 0 saturated carbocycles. The van der Waals surface area contributed by atoms with Crippen LogP contribution in [0.4, 0.5) is 11.4 Å². The summed E-state index contributed by atoms with van der Waals surface area (Å²) in [6.45, 7) is 12.3. The van der Waals surface area contributed by atoms with Crippen molar-refractivity contribution < 1.29 is 4.79 Å². The zero-order chi connectivity index (χ0) is 19.1. The lowest BCUT2D eigenvalue weighted by Gasteiger charge is -2.30. The molecule has 1 aromatic carbocycles. The minimum Gasteiger partial charge on any atom is -0.367 e. The number of carbonyl (C=O) groups is 1. The molecule has 2 heterocycles. The van der Waals surface area contributed by atoms with Crippen LogP contribution in [0, 0.1) is 19.3 Å². The van der Waals surface area contributed by atoms with Gasteiger partial charge in [-0.3, -0.25) is 9.48 Å². The summed E-state index contributed by atoms with van der Waals surface area (Å²) in [5.41, 5.74) is 7.00. The molecule has 3 rings (SSSR count). The molecule has 1 aliphatic rings. The number of amides is 1. The fraction of sp³-hybridized carbons (Fsp3) is 0.524. The van der Waals surface area contributed by atoms with Gasteiger partial charge in [-0.25, -0.2) is 0 Å². The normalized spacial score (nSPS) is 14.3. The van der Waals surface area contributed by atoms with Crippen LogP contribution in [-0.4, -0.2) is 22.2 Å². The Labute approximate surface area is 156 Å². The zero-order valence-electron chi connectivity index (χ0n) is 16.8. The summed E-state index contributed by atoms with van der Waals surface area (Å²) in [6.07, 6.45) is 3.50. The summed E-state index contributed by atoms with van der Waals surface area (Å²) < 4.78 is 1.98. The molecule has 0 aliphatic carbocycles. The van der Waals surface area contributed by atoms with Gasteiger partial charge in [0.15, 0.2) is 0 Å². The quantitative estimate of drug-likeness (QED) is 0.907. The third kappa shape index (κ3) is 3.92. The largest absolute Gasteiger partial charge is 0.367 e.